The Morgan fingerprint density at radius 2 is 1.72 bits per heavy atom. The maximum absolute atomic E-state index is 12.9. The Hall–Kier alpha value is -3.93. The predicted molar refractivity (Wildman–Crippen MR) is 123 cm³/mol. The number of carbonyl (C=O) groups is 2. The second-order valence-electron chi connectivity index (χ2n) is 7.69. The van der Waals surface area contributed by atoms with Crippen molar-refractivity contribution in [2.24, 2.45) is 0 Å². The van der Waals surface area contributed by atoms with Crippen molar-refractivity contribution in [3.8, 4) is 5.75 Å². The van der Waals surface area contributed by atoms with Crippen LogP contribution in [-0.2, 0) is 4.79 Å². The summed E-state index contributed by atoms with van der Waals surface area (Å²) in [7, 11) is 0. The first-order valence-electron chi connectivity index (χ1n) is 10.6. The molecule has 2 N–H and O–H groups in total. The summed E-state index contributed by atoms with van der Waals surface area (Å²) >= 11 is 0. The number of benzene rings is 3. The van der Waals surface area contributed by atoms with E-state index in [0.717, 1.165) is 22.4 Å². The van der Waals surface area contributed by atoms with Crippen LogP contribution in [0, 0.1) is 6.92 Å². The molecule has 0 spiro atoms. The first-order valence-corrected chi connectivity index (χ1v) is 10.6. The van der Waals surface area contributed by atoms with Gasteiger partial charge in [0.15, 0.2) is 6.04 Å². The van der Waals surface area contributed by atoms with Crippen molar-refractivity contribution in [2.75, 3.05) is 6.61 Å². The van der Waals surface area contributed by atoms with Crippen molar-refractivity contribution in [3.63, 3.8) is 0 Å². The van der Waals surface area contributed by atoms with Gasteiger partial charge >= 0.3 is 5.91 Å². The zero-order chi connectivity index (χ0) is 22.5. The Morgan fingerprint density at radius 1 is 1.03 bits per heavy atom. The monoisotopic (exact) mass is 428 g/mol. The van der Waals surface area contributed by atoms with E-state index < -0.39 is 12.1 Å². The molecule has 0 aromatic heterocycles. The molecule has 1 aliphatic rings. The minimum atomic E-state index is -0.746. The Bertz CT molecular complexity index is 1120. The quantitative estimate of drug-likeness (QED) is 0.591. The molecule has 0 bridgehead atoms. The molecule has 3 aromatic carbocycles. The van der Waals surface area contributed by atoms with E-state index >= 15 is 0 Å². The van der Waals surface area contributed by atoms with E-state index in [2.05, 4.69) is 10.7 Å². The zero-order valence-electron chi connectivity index (χ0n) is 18.1. The van der Waals surface area contributed by atoms with Gasteiger partial charge in [-0.3, -0.25) is 9.59 Å². The molecule has 162 valence electrons. The second kappa shape index (κ2) is 9.47. The number of rotatable bonds is 6. The number of carbonyl (C=O) groups excluding carboxylic acids is 2. The predicted octanol–water partition coefficient (Wildman–Crippen LogP) is 3.41. The number of ether oxygens (including phenoxy) is 1. The Morgan fingerprint density at radius 3 is 2.38 bits per heavy atom. The molecule has 6 heteroatoms. The minimum absolute atomic E-state index is 0.262. The molecular weight excluding hydrogens is 402 g/mol. The molecule has 1 fully saturated rings. The summed E-state index contributed by atoms with van der Waals surface area (Å²) in [4.78, 5) is 25.7. The van der Waals surface area contributed by atoms with Crippen LogP contribution in [0.4, 0.5) is 0 Å². The van der Waals surface area contributed by atoms with Crippen molar-refractivity contribution >= 4 is 18.0 Å². The highest BCUT2D eigenvalue weighted by Crippen LogP contribution is 2.26. The molecule has 0 aliphatic carbocycles. The van der Waals surface area contributed by atoms with Crippen LogP contribution in [0.1, 0.15) is 40.0 Å². The van der Waals surface area contributed by atoms with Crippen LogP contribution in [0.5, 0.6) is 5.75 Å². The second-order valence-corrected chi connectivity index (χ2v) is 7.69. The summed E-state index contributed by atoms with van der Waals surface area (Å²) in [6, 6.07) is 23.4. The first kappa shape index (κ1) is 21.3. The van der Waals surface area contributed by atoms with Crippen LogP contribution >= 0.6 is 0 Å². The standard InChI is InChI=1S/C26H25N3O3/c1-3-32-22-15-11-19(12-16-22)17-29-24(20-13-9-18(2)10-14-20)23(26(31)28-29)27-25(30)21-7-5-4-6-8-21/h4-17,23-24H,3H2,1-2H3,(H-,27,28,30,31)/p+1/b29-17-/t23-,24+/m0/s1. The third-order valence-corrected chi connectivity index (χ3v) is 5.36. The van der Waals surface area contributed by atoms with Gasteiger partial charge in [-0.1, -0.05) is 48.0 Å². The summed E-state index contributed by atoms with van der Waals surface area (Å²) in [5.74, 6) is 0.242. The summed E-state index contributed by atoms with van der Waals surface area (Å²) < 4.78 is 7.27. The maximum atomic E-state index is 12.9. The lowest BCUT2D eigenvalue weighted by Crippen LogP contribution is -2.42. The number of nitrogens with one attached hydrogen (secondary N) is 2. The van der Waals surface area contributed by atoms with Gasteiger partial charge in [0.25, 0.3) is 5.91 Å². The highest BCUT2D eigenvalue weighted by atomic mass is 16.5. The SMILES string of the molecule is CCOc1ccc(/C=[N+]2\NC(=O)[C@@H](NC(=O)c3ccccc3)[C@H]2c2ccc(C)cc2)cc1. The summed E-state index contributed by atoms with van der Waals surface area (Å²) in [6.07, 6.45) is 1.87. The Kier molecular flexibility index (Phi) is 6.31. The summed E-state index contributed by atoms with van der Waals surface area (Å²) in [5.41, 5.74) is 6.37. The van der Waals surface area contributed by atoms with E-state index in [4.69, 9.17) is 4.74 Å². The van der Waals surface area contributed by atoms with Crippen molar-refractivity contribution in [1.29, 1.82) is 0 Å². The molecule has 6 nitrogen and oxygen atoms in total. The lowest BCUT2D eigenvalue weighted by Gasteiger charge is -2.15. The molecular formula is C26H26N3O3+. The van der Waals surface area contributed by atoms with E-state index in [0.29, 0.717) is 12.2 Å². The van der Waals surface area contributed by atoms with Gasteiger partial charge in [0.1, 0.15) is 5.75 Å². The molecule has 1 saturated heterocycles. The first-order chi connectivity index (χ1) is 15.5. The third-order valence-electron chi connectivity index (χ3n) is 5.36. The number of nitrogens with zero attached hydrogens (tertiary/aromatic N) is 1. The minimum Gasteiger partial charge on any atom is -0.494 e. The van der Waals surface area contributed by atoms with Crippen LogP contribution in [0.15, 0.2) is 78.9 Å². The largest absolute Gasteiger partial charge is 0.494 e. The van der Waals surface area contributed by atoms with Crippen molar-refractivity contribution < 1.29 is 19.0 Å². The average molecular weight is 429 g/mol. The smallest absolute Gasteiger partial charge is 0.304 e. The molecule has 32 heavy (non-hydrogen) atoms. The number of hydrazine groups is 1. The number of amides is 2. The summed E-state index contributed by atoms with van der Waals surface area (Å²) in [6.45, 7) is 4.56. The van der Waals surface area contributed by atoms with E-state index in [1.165, 1.54) is 0 Å². The highest BCUT2D eigenvalue weighted by Gasteiger charge is 2.47. The molecule has 0 radical (unpaired) electrons. The molecule has 2 atom stereocenters. The molecule has 0 saturated carbocycles. The highest BCUT2D eigenvalue weighted by molar-refractivity contribution is 5.98. The summed E-state index contributed by atoms with van der Waals surface area (Å²) in [5, 5.41) is 2.92. The van der Waals surface area contributed by atoms with Crippen LogP contribution in [0.25, 0.3) is 0 Å². The molecule has 1 aliphatic heterocycles. The molecule has 0 unspecified atom stereocenters. The molecule has 3 aromatic rings. The van der Waals surface area contributed by atoms with Gasteiger partial charge in [-0.15, -0.1) is 10.1 Å². The molecule has 1 heterocycles. The van der Waals surface area contributed by atoms with Crippen LogP contribution in [0.3, 0.4) is 0 Å². The van der Waals surface area contributed by atoms with Crippen molar-refractivity contribution in [3.05, 3.63) is 101 Å². The maximum Gasteiger partial charge on any atom is 0.304 e. The van der Waals surface area contributed by atoms with Crippen molar-refractivity contribution in [2.45, 2.75) is 25.9 Å². The third kappa shape index (κ3) is 4.70. The van der Waals surface area contributed by atoms with E-state index in [9.17, 15) is 9.59 Å². The van der Waals surface area contributed by atoms with Gasteiger partial charge in [-0.2, -0.15) is 0 Å². The number of aryl methyl sites for hydroxylation is 1. The van der Waals surface area contributed by atoms with Gasteiger partial charge in [0.05, 0.1) is 6.61 Å². The number of hydrogen-bond donors (Lipinski definition) is 2. The lowest BCUT2D eigenvalue weighted by molar-refractivity contribution is -0.596. The van der Waals surface area contributed by atoms with Crippen LogP contribution < -0.4 is 15.5 Å². The van der Waals surface area contributed by atoms with E-state index in [-0.39, 0.29) is 11.8 Å². The van der Waals surface area contributed by atoms with Crippen molar-refractivity contribution in [1.82, 2.24) is 10.7 Å². The van der Waals surface area contributed by atoms with Gasteiger partial charge in [0, 0.05) is 16.7 Å². The Labute approximate surface area is 187 Å². The van der Waals surface area contributed by atoms with Crippen LogP contribution in [-0.4, -0.2) is 35.4 Å². The fourth-order valence-corrected chi connectivity index (χ4v) is 3.74. The topological polar surface area (TPSA) is 70.4 Å². The normalized spacial score (nSPS) is 18.9. The molecule has 4 rings (SSSR count). The number of hydrazone groups is 1. The lowest BCUT2D eigenvalue weighted by atomic mass is 9.98. The molecule has 2 amide bonds. The van der Waals surface area contributed by atoms with Gasteiger partial charge in [-0.05, 0) is 50.2 Å². The van der Waals surface area contributed by atoms with Crippen LogP contribution in [0.2, 0.25) is 0 Å². The average Bonchev–Trinajstić information content (AvgIpc) is 3.11. The van der Waals surface area contributed by atoms with Gasteiger partial charge < -0.3 is 10.1 Å². The zero-order valence-corrected chi connectivity index (χ0v) is 18.1. The fourth-order valence-electron chi connectivity index (χ4n) is 3.74. The Balaban J connectivity index is 1.67. The van der Waals surface area contributed by atoms with E-state index in [1.54, 1.807) is 28.9 Å². The van der Waals surface area contributed by atoms with Gasteiger partial charge in [0.2, 0.25) is 12.3 Å². The fraction of sp³-hybridized carbons (Fsp3) is 0.192. The van der Waals surface area contributed by atoms with Gasteiger partial charge in [-0.25, -0.2) is 0 Å². The number of hydrogen-bond acceptors (Lipinski definition) is 3. The van der Waals surface area contributed by atoms with E-state index in [1.807, 2.05) is 74.7 Å².